The first-order chi connectivity index (χ1) is 16.0. The van der Waals surface area contributed by atoms with Gasteiger partial charge in [0.25, 0.3) is 11.8 Å². The van der Waals surface area contributed by atoms with Gasteiger partial charge >= 0.3 is 0 Å². The summed E-state index contributed by atoms with van der Waals surface area (Å²) < 4.78 is 2.00. The quantitative estimate of drug-likeness (QED) is 0.288. The fourth-order valence-electron chi connectivity index (χ4n) is 4.23. The topological polar surface area (TPSA) is 59.4 Å². The first kappa shape index (κ1) is 21.1. The second kappa shape index (κ2) is 8.30. The third-order valence-corrected chi connectivity index (χ3v) is 7.22. The molecule has 0 aliphatic carbocycles. The first-order valence-corrected chi connectivity index (χ1v) is 11.7. The molecule has 5 nitrogen and oxygen atoms in total. The number of rotatable bonds is 6. The van der Waals surface area contributed by atoms with Gasteiger partial charge in [-0.3, -0.25) is 19.3 Å². The summed E-state index contributed by atoms with van der Waals surface area (Å²) in [6, 6.07) is 22.0. The van der Waals surface area contributed by atoms with Gasteiger partial charge in [0.05, 0.1) is 23.2 Å². The van der Waals surface area contributed by atoms with E-state index < -0.39 is 0 Å². The molecule has 0 saturated carbocycles. The maximum absolute atomic E-state index is 13.4. The van der Waals surface area contributed by atoms with Crippen LogP contribution in [0, 0.1) is 6.92 Å². The lowest BCUT2D eigenvalue weighted by Gasteiger charge is -2.17. The molecule has 164 valence electrons. The molecule has 0 unspecified atom stereocenters. The maximum Gasteiger partial charge on any atom is 0.261 e. The summed E-state index contributed by atoms with van der Waals surface area (Å²) in [7, 11) is 0. The molecular formula is C27H22N2O3S. The summed E-state index contributed by atoms with van der Waals surface area (Å²) in [6.07, 6.45) is 0.813. The van der Waals surface area contributed by atoms with Gasteiger partial charge in [-0.1, -0.05) is 49.4 Å². The van der Waals surface area contributed by atoms with Crippen molar-refractivity contribution in [3.63, 3.8) is 0 Å². The smallest absolute Gasteiger partial charge is 0.261 e. The van der Waals surface area contributed by atoms with E-state index in [2.05, 4.69) is 6.92 Å². The Labute approximate surface area is 195 Å². The van der Waals surface area contributed by atoms with Gasteiger partial charge in [0.1, 0.15) is 5.00 Å². The number of aromatic nitrogens is 1. The predicted molar refractivity (Wildman–Crippen MR) is 128 cm³/mol. The summed E-state index contributed by atoms with van der Waals surface area (Å²) >= 11 is 1.57. The minimum Gasteiger partial charge on any atom is -0.307 e. The van der Waals surface area contributed by atoms with Gasteiger partial charge in [-0.2, -0.15) is 0 Å². The Morgan fingerprint density at radius 2 is 1.52 bits per heavy atom. The monoisotopic (exact) mass is 454 g/mol. The Morgan fingerprint density at radius 1 is 0.879 bits per heavy atom. The minimum atomic E-state index is -0.290. The number of benzene rings is 2. The highest BCUT2D eigenvalue weighted by atomic mass is 32.1. The van der Waals surface area contributed by atoms with Gasteiger partial charge in [-0.15, -0.1) is 11.3 Å². The van der Waals surface area contributed by atoms with Crippen LogP contribution in [0.1, 0.15) is 59.8 Å². The van der Waals surface area contributed by atoms with Crippen LogP contribution in [-0.2, 0) is 13.0 Å². The lowest BCUT2D eigenvalue weighted by molar-refractivity contribution is 0.0639. The first-order valence-electron chi connectivity index (χ1n) is 10.8. The summed E-state index contributed by atoms with van der Waals surface area (Å²) in [5, 5.41) is 0.815. The number of carbonyl (C=O) groups is 3. The number of thiophene rings is 1. The van der Waals surface area contributed by atoms with Crippen molar-refractivity contribution in [2.45, 2.75) is 26.8 Å². The Balaban J connectivity index is 1.56. The van der Waals surface area contributed by atoms with Crippen molar-refractivity contribution in [3.8, 4) is 5.00 Å². The van der Waals surface area contributed by atoms with Crippen LogP contribution in [0.15, 0.2) is 72.8 Å². The van der Waals surface area contributed by atoms with Crippen LogP contribution in [-0.4, -0.2) is 27.1 Å². The second-order valence-electron chi connectivity index (χ2n) is 8.02. The fraction of sp³-hybridized carbons (Fsp3) is 0.148. The lowest BCUT2D eigenvalue weighted by Crippen LogP contribution is -2.30. The van der Waals surface area contributed by atoms with E-state index in [1.807, 2.05) is 60.0 Å². The Hall–Kier alpha value is -3.77. The average molecular weight is 455 g/mol. The molecule has 0 N–H and O–H groups in total. The van der Waals surface area contributed by atoms with Gasteiger partial charge < -0.3 is 4.57 Å². The largest absolute Gasteiger partial charge is 0.307 e. The molecule has 2 aromatic carbocycles. The number of hydrogen-bond donors (Lipinski definition) is 0. The molecular weight excluding hydrogens is 432 g/mol. The minimum absolute atomic E-state index is 0.0404. The van der Waals surface area contributed by atoms with Crippen LogP contribution in [0.5, 0.6) is 0 Å². The van der Waals surface area contributed by atoms with Gasteiger partial charge in [0.2, 0.25) is 0 Å². The standard InChI is InChI=1S/C27H22N2O3S/c1-3-20-15-23(24(30)18-9-5-4-6-10-18)27(33-20)29-17(2)13-14-19(29)16-28-25(31)21-11-7-8-12-22(21)26(28)32/h4-15H,3,16H2,1-2H3. The molecule has 0 bridgehead atoms. The SMILES string of the molecule is CCc1cc(C(=O)c2ccccc2)c(-n2c(C)ccc2CN2C(=O)c3ccccc3C2=O)s1. The van der Waals surface area contributed by atoms with Crippen LogP contribution in [0.4, 0.5) is 0 Å². The van der Waals surface area contributed by atoms with Crippen molar-refractivity contribution in [2.24, 2.45) is 0 Å². The molecule has 4 aromatic rings. The number of nitrogens with zero attached hydrogens (tertiary/aromatic N) is 2. The van der Waals surface area contributed by atoms with E-state index in [4.69, 9.17) is 0 Å². The third kappa shape index (κ3) is 3.52. The number of aryl methyl sites for hydroxylation is 2. The van der Waals surface area contributed by atoms with Gasteiger partial charge in [0.15, 0.2) is 5.78 Å². The molecule has 2 amide bonds. The van der Waals surface area contributed by atoms with Crippen LogP contribution >= 0.6 is 11.3 Å². The van der Waals surface area contributed by atoms with E-state index >= 15 is 0 Å². The zero-order valence-corrected chi connectivity index (χ0v) is 19.2. The fourth-order valence-corrected chi connectivity index (χ4v) is 5.41. The number of amides is 2. The molecule has 0 atom stereocenters. The highest BCUT2D eigenvalue weighted by molar-refractivity contribution is 7.15. The number of carbonyl (C=O) groups excluding carboxylic acids is 3. The van der Waals surface area contributed by atoms with Crippen molar-refractivity contribution >= 4 is 28.9 Å². The highest BCUT2D eigenvalue weighted by Gasteiger charge is 2.36. The van der Waals surface area contributed by atoms with E-state index in [1.165, 1.54) is 4.90 Å². The highest BCUT2D eigenvalue weighted by Crippen LogP contribution is 2.33. The van der Waals surface area contributed by atoms with E-state index in [0.29, 0.717) is 22.3 Å². The number of hydrogen-bond acceptors (Lipinski definition) is 4. The van der Waals surface area contributed by atoms with Crippen LogP contribution < -0.4 is 0 Å². The zero-order valence-electron chi connectivity index (χ0n) is 18.4. The molecule has 0 radical (unpaired) electrons. The van der Waals surface area contributed by atoms with Crippen molar-refractivity contribution in [2.75, 3.05) is 0 Å². The van der Waals surface area contributed by atoms with Crippen LogP contribution in [0.2, 0.25) is 0 Å². The van der Waals surface area contributed by atoms with Crippen molar-refractivity contribution in [1.82, 2.24) is 9.47 Å². The molecule has 6 heteroatoms. The average Bonchev–Trinajstić information content (AvgIpc) is 3.50. The van der Waals surface area contributed by atoms with Crippen molar-refractivity contribution < 1.29 is 14.4 Å². The molecule has 0 saturated heterocycles. The summed E-state index contributed by atoms with van der Waals surface area (Å²) in [6.45, 7) is 4.17. The van der Waals surface area contributed by atoms with E-state index in [9.17, 15) is 14.4 Å². The summed E-state index contributed by atoms with van der Waals surface area (Å²) in [5.74, 6) is -0.620. The van der Waals surface area contributed by atoms with Crippen molar-refractivity contribution in [3.05, 3.63) is 111 Å². The lowest BCUT2D eigenvalue weighted by atomic mass is 10.0. The molecule has 1 aliphatic heterocycles. The van der Waals surface area contributed by atoms with Crippen LogP contribution in [0.25, 0.3) is 5.00 Å². The molecule has 0 fully saturated rings. The van der Waals surface area contributed by atoms with E-state index in [0.717, 1.165) is 27.7 Å². The van der Waals surface area contributed by atoms with Crippen LogP contribution in [0.3, 0.4) is 0 Å². The molecule has 0 spiro atoms. The van der Waals surface area contributed by atoms with Gasteiger partial charge in [-0.05, 0) is 43.7 Å². The third-order valence-electron chi connectivity index (χ3n) is 5.95. The molecule has 33 heavy (non-hydrogen) atoms. The van der Waals surface area contributed by atoms with Gasteiger partial charge in [-0.25, -0.2) is 0 Å². The predicted octanol–water partition coefficient (Wildman–Crippen LogP) is 5.44. The summed E-state index contributed by atoms with van der Waals surface area (Å²) in [4.78, 5) is 41.6. The van der Waals surface area contributed by atoms with E-state index in [-0.39, 0.29) is 24.1 Å². The molecule has 3 heterocycles. The Kier molecular flexibility index (Phi) is 5.30. The Morgan fingerprint density at radius 3 is 2.15 bits per heavy atom. The number of ketones is 1. The van der Waals surface area contributed by atoms with Crippen molar-refractivity contribution in [1.29, 1.82) is 0 Å². The summed E-state index contributed by atoms with van der Waals surface area (Å²) in [5.41, 5.74) is 3.85. The second-order valence-corrected chi connectivity index (χ2v) is 9.14. The van der Waals surface area contributed by atoms with E-state index in [1.54, 1.807) is 35.6 Å². The van der Waals surface area contributed by atoms with Gasteiger partial charge in [0, 0.05) is 21.8 Å². The molecule has 5 rings (SSSR count). The number of imide groups is 1. The normalized spacial score (nSPS) is 13.0. The molecule has 1 aliphatic rings. The Bertz CT molecular complexity index is 1360. The zero-order chi connectivity index (χ0) is 23.1. The molecule has 2 aromatic heterocycles. The maximum atomic E-state index is 13.4. The number of fused-ring (bicyclic) bond motifs is 1.